The zero-order chi connectivity index (χ0) is 22.8. The Labute approximate surface area is 186 Å². The Hall–Kier alpha value is -4.32. The lowest BCUT2D eigenvalue weighted by atomic mass is 10.2. The molecule has 0 unspecified atom stereocenters. The second kappa shape index (κ2) is 11.2. The molecule has 0 aliphatic heterocycles. The van der Waals surface area contributed by atoms with Gasteiger partial charge in [-0.15, -0.1) is 0 Å². The summed E-state index contributed by atoms with van der Waals surface area (Å²) in [6.07, 6.45) is 5.83. The van der Waals surface area contributed by atoms with Crippen molar-refractivity contribution in [3.8, 4) is 23.0 Å². The maximum atomic E-state index is 12.2. The predicted octanol–water partition coefficient (Wildman–Crippen LogP) is 4.94. The van der Waals surface area contributed by atoms with Crippen molar-refractivity contribution in [1.82, 2.24) is 0 Å². The molecule has 0 amide bonds. The molecule has 0 bridgehead atoms. The molecule has 0 saturated heterocycles. The van der Waals surface area contributed by atoms with Crippen LogP contribution in [-0.2, 0) is 9.59 Å². The minimum atomic E-state index is -0.599. The first kappa shape index (κ1) is 22.4. The van der Waals surface area contributed by atoms with Crippen molar-refractivity contribution >= 4 is 24.1 Å². The number of ether oxygens (including phenoxy) is 4. The van der Waals surface area contributed by atoms with Crippen LogP contribution in [0.4, 0.5) is 0 Å². The molecule has 3 rings (SSSR count). The van der Waals surface area contributed by atoms with Gasteiger partial charge in [-0.1, -0.05) is 36.4 Å². The molecule has 0 saturated carbocycles. The molecule has 0 atom stereocenters. The zero-order valence-corrected chi connectivity index (χ0v) is 17.7. The lowest BCUT2D eigenvalue weighted by molar-refractivity contribution is -0.131. The van der Waals surface area contributed by atoms with Gasteiger partial charge in [-0.05, 0) is 59.7 Å². The highest BCUT2D eigenvalue weighted by Gasteiger charge is 2.10. The predicted molar refractivity (Wildman–Crippen MR) is 122 cm³/mol. The Bertz CT molecular complexity index is 1020. The fourth-order valence-corrected chi connectivity index (χ4v) is 2.66. The van der Waals surface area contributed by atoms with Crippen molar-refractivity contribution < 1.29 is 28.5 Å². The summed E-state index contributed by atoms with van der Waals surface area (Å²) < 4.78 is 20.9. The van der Waals surface area contributed by atoms with Crippen LogP contribution >= 0.6 is 0 Å². The Kier molecular flexibility index (Phi) is 7.81. The second-order valence-corrected chi connectivity index (χ2v) is 6.50. The molecular formula is C26H22O6. The summed E-state index contributed by atoms with van der Waals surface area (Å²) >= 11 is 0. The Balaban J connectivity index is 1.61. The number of para-hydroxylation sites is 2. The van der Waals surface area contributed by atoms with E-state index in [1.165, 1.54) is 12.2 Å². The number of esters is 2. The van der Waals surface area contributed by atoms with Crippen LogP contribution in [0.3, 0.4) is 0 Å². The molecule has 0 radical (unpaired) electrons. The molecular weight excluding hydrogens is 408 g/mol. The summed E-state index contributed by atoms with van der Waals surface area (Å²) in [6.45, 7) is 0. The molecule has 162 valence electrons. The second-order valence-electron chi connectivity index (χ2n) is 6.50. The molecule has 0 spiro atoms. The number of carbonyl (C=O) groups is 2. The SMILES string of the molecule is COc1ccc(/C=C/C(=O)Oc2ccccc2OC(=O)/C=C/c2ccc(OC)cc2)cc1. The number of hydrogen-bond acceptors (Lipinski definition) is 6. The van der Waals surface area contributed by atoms with Crippen LogP contribution in [0, 0.1) is 0 Å². The van der Waals surface area contributed by atoms with Crippen molar-refractivity contribution in [3.63, 3.8) is 0 Å². The van der Waals surface area contributed by atoms with Crippen LogP contribution in [0.2, 0.25) is 0 Å². The lowest BCUT2D eigenvalue weighted by Crippen LogP contribution is -2.08. The van der Waals surface area contributed by atoms with Crippen molar-refractivity contribution in [2.45, 2.75) is 0 Å². The lowest BCUT2D eigenvalue weighted by Gasteiger charge is -2.08. The van der Waals surface area contributed by atoms with E-state index in [9.17, 15) is 9.59 Å². The molecule has 0 aliphatic rings. The monoisotopic (exact) mass is 430 g/mol. The molecule has 0 aliphatic carbocycles. The van der Waals surface area contributed by atoms with E-state index in [1.54, 1.807) is 74.9 Å². The summed E-state index contributed by atoms with van der Waals surface area (Å²) in [5.74, 6) is 0.533. The third-order valence-electron chi connectivity index (χ3n) is 4.33. The highest BCUT2D eigenvalue weighted by Crippen LogP contribution is 2.27. The van der Waals surface area contributed by atoms with Gasteiger partial charge in [0, 0.05) is 12.2 Å². The summed E-state index contributed by atoms with van der Waals surface area (Å²) in [5, 5.41) is 0. The molecule has 0 N–H and O–H groups in total. The maximum absolute atomic E-state index is 12.2. The van der Waals surface area contributed by atoms with Crippen LogP contribution < -0.4 is 18.9 Å². The molecule has 32 heavy (non-hydrogen) atoms. The first-order chi connectivity index (χ1) is 15.6. The Morgan fingerprint density at radius 1 is 0.594 bits per heavy atom. The van der Waals surface area contributed by atoms with Crippen molar-refractivity contribution in [2.75, 3.05) is 14.2 Å². The van der Waals surface area contributed by atoms with Gasteiger partial charge >= 0.3 is 11.9 Å². The quantitative estimate of drug-likeness (QED) is 0.286. The Morgan fingerprint density at radius 3 is 1.31 bits per heavy atom. The molecule has 6 nitrogen and oxygen atoms in total. The first-order valence-electron chi connectivity index (χ1n) is 9.74. The van der Waals surface area contributed by atoms with Crippen molar-refractivity contribution in [2.24, 2.45) is 0 Å². The topological polar surface area (TPSA) is 71.1 Å². The number of rotatable bonds is 8. The third-order valence-corrected chi connectivity index (χ3v) is 4.33. The van der Waals surface area contributed by atoms with Gasteiger partial charge in [0.05, 0.1) is 14.2 Å². The van der Waals surface area contributed by atoms with Crippen LogP contribution in [0.1, 0.15) is 11.1 Å². The van der Waals surface area contributed by atoms with Gasteiger partial charge in [0.15, 0.2) is 11.5 Å². The summed E-state index contributed by atoms with van der Waals surface area (Å²) in [6, 6.07) is 20.9. The van der Waals surface area contributed by atoms with Crippen LogP contribution in [0.25, 0.3) is 12.2 Å². The minimum Gasteiger partial charge on any atom is -0.497 e. The van der Waals surface area contributed by atoms with Crippen molar-refractivity contribution in [1.29, 1.82) is 0 Å². The summed E-state index contributed by atoms with van der Waals surface area (Å²) in [4.78, 5) is 24.4. The molecule has 3 aromatic carbocycles. The normalized spacial score (nSPS) is 10.8. The highest BCUT2D eigenvalue weighted by atomic mass is 16.6. The number of methoxy groups -OCH3 is 2. The van der Waals surface area contributed by atoms with Crippen LogP contribution in [0.15, 0.2) is 84.9 Å². The highest BCUT2D eigenvalue weighted by molar-refractivity contribution is 5.91. The third kappa shape index (κ3) is 6.60. The van der Waals surface area contributed by atoms with Gasteiger partial charge in [0.2, 0.25) is 0 Å². The number of carbonyl (C=O) groups excluding carboxylic acids is 2. The molecule has 3 aromatic rings. The standard InChI is InChI=1S/C26H22O6/c1-29-21-13-7-19(8-14-21)11-17-25(27)31-23-5-3-4-6-24(23)32-26(28)18-12-20-9-15-22(30-2)16-10-20/h3-18H,1-2H3/b17-11+,18-12+. The molecule has 0 heterocycles. The summed E-state index contributed by atoms with van der Waals surface area (Å²) in [5.41, 5.74) is 1.62. The smallest absolute Gasteiger partial charge is 0.336 e. The van der Waals surface area contributed by atoms with Gasteiger partial charge < -0.3 is 18.9 Å². The average Bonchev–Trinajstić information content (AvgIpc) is 2.83. The maximum Gasteiger partial charge on any atom is 0.336 e. The molecule has 0 aromatic heterocycles. The van der Waals surface area contributed by atoms with E-state index < -0.39 is 11.9 Å². The zero-order valence-electron chi connectivity index (χ0n) is 17.7. The van der Waals surface area contributed by atoms with E-state index in [4.69, 9.17) is 18.9 Å². The largest absolute Gasteiger partial charge is 0.497 e. The van der Waals surface area contributed by atoms with E-state index in [0.29, 0.717) is 0 Å². The van der Waals surface area contributed by atoms with E-state index in [1.807, 2.05) is 24.3 Å². The average molecular weight is 430 g/mol. The fraction of sp³-hybridized carbons (Fsp3) is 0.0769. The van der Waals surface area contributed by atoms with Crippen LogP contribution in [0.5, 0.6) is 23.0 Å². The van der Waals surface area contributed by atoms with E-state index in [2.05, 4.69) is 0 Å². The molecule has 6 heteroatoms. The molecule has 0 fully saturated rings. The Morgan fingerprint density at radius 2 is 0.969 bits per heavy atom. The van der Waals surface area contributed by atoms with Gasteiger partial charge in [-0.2, -0.15) is 0 Å². The minimum absolute atomic E-state index is 0.142. The van der Waals surface area contributed by atoms with Gasteiger partial charge in [-0.3, -0.25) is 0 Å². The first-order valence-corrected chi connectivity index (χ1v) is 9.74. The van der Waals surface area contributed by atoms with Gasteiger partial charge in [0.25, 0.3) is 0 Å². The van der Waals surface area contributed by atoms with E-state index in [0.717, 1.165) is 22.6 Å². The fourth-order valence-electron chi connectivity index (χ4n) is 2.66. The van der Waals surface area contributed by atoms with E-state index >= 15 is 0 Å². The van der Waals surface area contributed by atoms with Gasteiger partial charge in [-0.25, -0.2) is 9.59 Å². The van der Waals surface area contributed by atoms with Gasteiger partial charge in [0.1, 0.15) is 11.5 Å². The van der Waals surface area contributed by atoms with Crippen molar-refractivity contribution in [3.05, 3.63) is 96.1 Å². The van der Waals surface area contributed by atoms with E-state index in [-0.39, 0.29) is 11.5 Å². The number of hydrogen-bond donors (Lipinski definition) is 0. The number of benzene rings is 3. The van der Waals surface area contributed by atoms with Crippen LogP contribution in [-0.4, -0.2) is 26.2 Å². The summed E-state index contributed by atoms with van der Waals surface area (Å²) in [7, 11) is 3.17.